The molecule has 0 aliphatic heterocycles. The number of sulfonamides is 1. The molecule has 0 aliphatic carbocycles. The first-order valence-electron chi connectivity index (χ1n) is 5.80. The number of unbranched alkanes of at least 4 members (excludes halogenated alkanes) is 1. The zero-order valence-electron chi connectivity index (χ0n) is 10.3. The van der Waals surface area contributed by atoms with Crippen molar-refractivity contribution in [3.63, 3.8) is 0 Å². The predicted molar refractivity (Wildman–Crippen MR) is 70.0 cm³/mol. The molecule has 0 aromatic carbocycles. The number of anilines is 1. The van der Waals surface area contributed by atoms with Crippen molar-refractivity contribution in [2.45, 2.75) is 19.8 Å². The van der Waals surface area contributed by atoms with Gasteiger partial charge in [0.2, 0.25) is 10.0 Å². The van der Waals surface area contributed by atoms with Gasteiger partial charge in [0, 0.05) is 6.07 Å². The normalized spacial score (nSPS) is 11.4. The van der Waals surface area contributed by atoms with E-state index in [4.69, 9.17) is 0 Å². The first kappa shape index (κ1) is 14.7. The van der Waals surface area contributed by atoms with Crippen molar-refractivity contribution in [1.29, 1.82) is 0 Å². The van der Waals surface area contributed by atoms with E-state index >= 15 is 0 Å². The molecular weight excluding hydrogens is 256 g/mol. The Kier molecular flexibility index (Phi) is 5.79. The average Bonchev–Trinajstić information content (AvgIpc) is 2.31. The number of H-pyrrole nitrogens is 1. The summed E-state index contributed by atoms with van der Waals surface area (Å²) in [6.07, 6.45) is 1.37. The summed E-state index contributed by atoms with van der Waals surface area (Å²) < 4.78 is 25.6. The quantitative estimate of drug-likeness (QED) is 0.574. The van der Waals surface area contributed by atoms with Crippen molar-refractivity contribution < 1.29 is 8.42 Å². The molecule has 102 valence electrons. The van der Waals surface area contributed by atoms with E-state index in [9.17, 15) is 13.2 Å². The standard InChI is InChI=1S/C10H18N4O3S/c1-2-11-7-3-4-8-18(16,17)14-9-5-6-10(15)13-12-9/h5-6,11H,2-4,7-8H2,1H3,(H,12,14)(H,13,15). The lowest BCUT2D eigenvalue weighted by Crippen LogP contribution is -2.20. The minimum Gasteiger partial charge on any atom is -0.317 e. The molecule has 1 heterocycles. The van der Waals surface area contributed by atoms with Gasteiger partial charge in [-0.3, -0.25) is 9.52 Å². The molecule has 1 rings (SSSR count). The van der Waals surface area contributed by atoms with E-state index in [0.29, 0.717) is 6.42 Å². The van der Waals surface area contributed by atoms with Crippen LogP contribution in [0.4, 0.5) is 5.82 Å². The molecule has 18 heavy (non-hydrogen) atoms. The Balaban J connectivity index is 2.40. The SMILES string of the molecule is CCNCCCCS(=O)(=O)Nc1ccc(=O)[nH]n1. The summed E-state index contributed by atoms with van der Waals surface area (Å²) >= 11 is 0. The van der Waals surface area contributed by atoms with Crippen LogP contribution in [0.3, 0.4) is 0 Å². The minimum atomic E-state index is -3.40. The van der Waals surface area contributed by atoms with Gasteiger partial charge in [-0.05, 0) is 32.0 Å². The molecule has 0 unspecified atom stereocenters. The van der Waals surface area contributed by atoms with Gasteiger partial charge in [-0.25, -0.2) is 13.5 Å². The average molecular weight is 274 g/mol. The summed E-state index contributed by atoms with van der Waals surface area (Å²) in [7, 11) is -3.40. The van der Waals surface area contributed by atoms with Gasteiger partial charge in [-0.15, -0.1) is 0 Å². The molecule has 0 spiro atoms. The lowest BCUT2D eigenvalue weighted by molar-refractivity contribution is 0.593. The third-order valence-electron chi connectivity index (χ3n) is 2.21. The van der Waals surface area contributed by atoms with Crippen LogP contribution in [0, 0.1) is 0 Å². The number of hydrogen-bond donors (Lipinski definition) is 3. The van der Waals surface area contributed by atoms with E-state index in [1.165, 1.54) is 12.1 Å². The molecule has 0 amide bonds. The second-order valence-corrected chi connectivity index (χ2v) is 5.63. The second kappa shape index (κ2) is 7.12. The molecule has 0 atom stereocenters. The van der Waals surface area contributed by atoms with E-state index in [2.05, 4.69) is 20.2 Å². The van der Waals surface area contributed by atoms with Crippen molar-refractivity contribution in [1.82, 2.24) is 15.5 Å². The molecule has 8 heteroatoms. The van der Waals surface area contributed by atoms with E-state index < -0.39 is 10.0 Å². The largest absolute Gasteiger partial charge is 0.317 e. The fourth-order valence-electron chi connectivity index (χ4n) is 1.33. The fourth-order valence-corrected chi connectivity index (χ4v) is 2.45. The van der Waals surface area contributed by atoms with Crippen molar-refractivity contribution in [3.8, 4) is 0 Å². The Hall–Kier alpha value is -1.41. The predicted octanol–water partition coefficient (Wildman–Crippen LogP) is -0.0987. The zero-order valence-corrected chi connectivity index (χ0v) is 11.1. The molecule has 1 aromatic heterocycles. The summed E-state index contributed by atoms with van der Waals surface area (Å²) in [5, 5.41) is 8.87. The Morgan fingerprint density at radius 3 is 2.72 bits per heavy atom. The van der Waals surface area contributed by atoms with Gasteiger partial charge in [-0.1, -0.05) is 6.92 Å². The number of aromatic nitrogens is 2. The summed E-state index contributed by atoms with van der Waals surface area (Å²) in [5.41, 5.74) is -0.372. The van der Waals surface area contributed by atoms with Crippen molar-refractivity contribution in [2.75, 3.05) is 23.6 Å². The molecule has 0 bridgehead atoms. The minimum absolute atomic E-state index is 0.0409. The highest BCUT2D eigenvalue weighted by molar-refractivity contribution is 7.92. The summed E-state index contributed by atoms with van der Waals surface area (Å²) in [6.45, 7) is 3.69. The van der Waals surface area contributed by atoms with Crippen LogP contribution in [0.5, 0.6) is 0 Å². The molecule has 7 nitrogen and oxygen atoms in total. The van der Waals surface area contributed by atoms with Crippen LogP contribution in [-0.4, -0.2) is 37.5 Å². The van der Waals surface area contributed by atoms with Crippen LogP contribution >= 0.6 is 0 Å². The smallest absolute Gasteiger partial charge is 0.264 e. The Morgan fingerprint density at radius 1 is 1.33 bits per heavy atom. The number of nitrogens with one attached hydrogen (secondary N) is 3. The van der Waals surface area contributed by atoms with Gasteiger partial charge >= 0.3 is 0 Å². The van der Waals surface area contributed by atoms with E-state index in [-0.39, 0.29) is 17.1 Å². The summed E-state index contributed by atoms with van der Waals surface area (Å²) in [5.74, 6) is 0.167. The molecule has 0 aliphatic rings. The maximum Gasteiger partial charge on any atom is 0.264 e. The van der Waals surface area contributed by atoms with Gasteiger partial charge in [0.15, 0.2) is 5.82 Å². The maximum atomic E-state index is 11.7. The maximum absolute atomic E-state index is 11.7. The fraction of sp³-hybridized carbons (Fsp3) is 0.600. The van der Waals surface area contributed by atoms with E-state index in [0.717, 1.165) is 19.5 Å². The van der Waals surface area contributed by atoms with Crippen LogP contribution in [-0.2, 0) is 10.0 Å². The van der Waals surface area contributed by atoms with Gasteiger partial charge in [0.25, 0.3) is 5.56 Å². The number of aromatic amines is 1. The van der Waals surface area contributed by atoms with Crippen LogP contribution in [0.25, 0.3) is 0 Å². The molecule has 3 N–H and O–H groups in total. The highest BCUT2D eigenvalue weighted by Gasteiger charge is 2.10. The van der Waals surface area contributed by atoms with Gasteiger partial charge in [-0.2, -0.15) is 5.10 Å². The number of hydrogen-bond acceptors (Lipinski definition) is 5. The Morgan fingerprint density at radius 2 is 2.11 bits per heavy atom. The lowest BCUT2D eigenvalue weighted by atomic mass is 10.3. The number of rotatable bonds is 8. The van der Waals surface area contributed by atoms with Crippen LogP contribution < -0.4 is 15.6 Å². The van der Waals surface area contributed by atoms with Crippen molar-refractivity contribution >= 4 is 15.8 Å². The van der Waals surface area contributed by atoms with Crippen LogP contribution in [0.15, 0.2) is 16.9 Å². The molecule has 0 fully saturated rings. The molecular formula is C10H18N4O3S. The molecule has 0 radical (unpaired) electrons. The van der Waals surface area contributed by atoms with E-state index in [1.54, 1.807) is 0 Å². The summed E-state index contributed by atoms with van der Waals surface area (Å²) in [6, 6.07) is 2.55. The highest BCUT2D eigenvalue weighted by Crippen LogP contribution is 2.03. The van der Waals surface area contributed by atoms with Crippen LogP contribution in [0.2, 0.25) is 0 Å². The van der Waals surface area contributed by atoms with Gasteiger partial charge in [0.1, 0.15) is 0 Å². The number of nitrogens with zero attached hydrogens (tertiary/aromatic N) is 1. The molecule has 0 saturated carbocycles. The molecule has 1 aromatic rings. The second-order valence-electron chi connectivity index (χ2n) is 3.79. The third-order valence-corrected chi connectivity index (χ3v) is 3.55. The lowest BCUT2D eigenvalue weighted by Gasteiger charge is -2.06. The van der Waals surface area contributed by atoms with Crippen molar-refractivity contribution in [3.05, 3.63) is 22.5 Å². The van der Waals surface area contributed by atoms with Crippen LogP contribution in [0.1, 0.15) is 19.8 Å². The highest BCUT2D eigenvalue weighted by atomic mass is 32.2. The van der Waals surface area contributed by atoms with Gasteiger partial charge in [0.05, 0.1) is 5.75 Å². The van der Waals surface area contributed by atoms with E-state index in [1.807, 2.05) is 6.92 Å². The topological polar surface area (TPSA) is 104 Å². The van der Waals surface area contributed by atoms with Crippen molar-refractivity contribution in [2.24, 2.45) is 0 Å². The Labute approximate surface area is 106 Å². The first-order valence-corrected chi connectivity index (χ1v) is 7.45. The first-order chi connectivity index (χ1) is 8.53. The zero-order chi connectivity index (χ0) is 13.4. The third kappa shape index (κ3) is 5.78. The monoisotopic (exact) mass is 274 g/mol. The molecule has 0 saturated heterocycles. The van der Waals surface area contributed by atoms with Gasteiger partial charge < -0.3 is 5.32 Å². The summed E-state index contributed by atoms with van der Waals surface area (Å²) in [4.78, 5) is 10.8. The Bertz CT molecular complexity index is 492.